The van der Waals surface area contributed by atoms with Crippen molar-refractivity contribution in [1.82, 2.24) is 4.31 Å². The van der Waals surface area contributed by atoms with Crippen LogP contribution in [0, 0.1) is 12.8 Å². The quantitative estimate of drug-likeness (QED) is 0.856. The molecular formula is C12H16BrNO2S. The summed E-state index contributed by atoms with van der Waals surface area (Å²) >= 11 is 3.32. The lowest BCUT2D eigenvalue weighted by Gasteiger charge is -2.18. The van der Waals surface area contributed by atoms with Crippen molar-refractivity contribution in [2.45, 2.75) is 24.7 Å². The SMILES string of the molecule is Cc1ccc(Br)cc1S(=O)(=O)N(C)CC1CC1. The predicted octanol–water partition coefficient (Wildman–Crippen LogP) is 2.79. The van der Waals surface area contributed by atoms with Gasteiger partial charge in [-0.2, -0.15) is 0 Å². The van der Waals surface area contributed by atoms with Gasteiger partial charge >= 0.3 is 0 Å². The molecule has 0 radical (unpaired) electrons. The molecule has 1 aliphatic carbocycles. The molecule has 0 unspecified atom stereocenters. The van der Waals surface area contributed by atoms with Crippen LogP contribution in [0.2, 0.25) is 0 Å². The predicted molar refractivity (Wildman–Crippen MR) is 71.4 cm³/mol. The van der Waals surface area contributed by atoms with E-state index in [0.29, 0.717) is 17.4 Å². The molecule has 1 aromatic rings. The Balaban J connectivity index is 2.32. The Morgan fingerprint density at radius 2 is 2.06 bits per heavy atom. The van der Waals surface area contributed by atoms with E-state index in [4.69, 9.17) is 0 Å². The van der Waals surface area contributed by atoms with Crippen molar-refractivity contribution in [3.63, 3.8) is 0 Å². The van der Waals surface area contributed by atoms with Gasteiger partial charge in [-0.25, -0.2) is 12.7 Å². The summed E-state index contributed by atoms with van der Waals surface area (Å²) in [7, 11) is -1.68. The second-order valence-corrected chi connectivity index (χ2v) is 7.57. The fourth-order valence-electron chi connectivity index (χ4n) is 1.78. The Morgan fingerprint density at radius 3 is 2.65 bits per heavy atom. The maximum Gasteiger partial charge on any atom is 0.243 e. The topological polar surface area (TPSA) is 37.4 Å². The van der Waals surface area contributed by atoms with Crippen LogP contribution < -0.4 is 0 Å². The Labute approximate surface area is 111 Å². The standard InChI is InChI=1S/C12H16BrNO2S/c1-9-3-6-11(13)7-12(9)17(15,16)14(2)8-10-4-5-10/h3,6-7,10H,4-5,8H2,1-2H3. The molecule has 3 nitrogen and oxygen atoms in total. The fourth-order valence-corrected chi connectivity index (χ4v) is 3.79. The molecule has 0 atom stereocenters. The van der Waals surface area contributed by atoms with E-state index in [2.05, 4.69) is 15.9 Å². The monoisotopic (exact) mass is 317 g/mol. The van der Waals surface area contributed by atoms with Gasteiger partial charge in [0.05, 0.1) is 4.90 Å². The number of benzene rings is 1. The molecule has 2 rings (SSSR count). The minimum atomic E-state index is -3.34. The van der Waals surface area contributed by atoms with E-state index >= 15 is 0 Å². The van der Waals surface area contributed by atoms with Gasteiger partial charge in [0.2, 0.25) is 10.0 Å². The van der Waals surface area contributed by atoms with E-state index in [9.17, 15) is 8.42 Å². The van der Waals surface area contributed by atoms with E-state index in [-0.39, 0.29) is 0 Å². The molecule has 17 heavy (non-hydrogen) atoms. The van der Waals surface area contributed by atoms with E-state index in [1.165, 1.54) is 4.31 Å². The summed E-state index contributed by atoms with van der Waals surface area (Å²) in [5, 5.41) is 0. The molecule has 5 heteroatoms. The normalized spacial score (nSPS) is 16.5. The van der Waals surface area contributed by atoms with Crippen LogP contribution in [0.5, 0.6) is 0 Å². The molecule has 1 aliphatic rings. The van der Waals surface area contributed by atoms with Crippen molar-refractivity contribution in [2.24, 2.45) is 5.92 Å². The van der Waals surface area contributed by atoms with Crippen LogP contribution in [-0.2, 0) is 10.0 Å². The zero-order valence-electron chi connectivity index (χ0n) is 9.98. The lowest BCUT2D eigenvalue weighted by Crippen LogP contribution is -2.29. The molecule has 0 heterocycles. The van der Waals surface area contributed by atoms with Crippen molar-refractivity contribution in [1.29, 1.82) is 0 Å². The van der Waals surface area contributed by atoms with Crippen LogP contribution in [0.3, 0.4) is 0 Å². The van der Waals surface area contributed by atoms with Gasteiger partial charge < -0.3 is 0 Å². The average Bonchev–Trinajstić information content (AvgIpc) is 3.05. The van der Waals surface area contributed by atoms with Crippen molar-refractivity contribution >= 4 is 26.0 Å². The van der Waals surface area contributed by atoms with Gasteiger partial charge in [0.1, 0.15) is 0 Å². The number of nitrogens with zero attached hydrogens (tertiary/aromatic N) is 1. The Kier molecular flexibility index (Phi) is 3.61. The first-order chi connectivity index (χ1) is 7.91. The van der Waals surface area contributed by atoms with Crippen molar-refractivity contribution < 1.29 is 8.42 Å². The second kappa shape index (κ2) is 4.71. The van der Waals surface area contributed by atoms with Crippen LogP contribution in [0.1, 0.15) is 18.4 Å². The summed E-state index contributed by atoms with van der Waals surface area (Å²) in [6.07, 6.45) is 2.30. The molecule has 0 saturated heterocycles. The van der Waals surface area contributed by atoms with Gasteiger partial charge in [-0.05, 0) is 43.4 Å². The fraction of sp³-hybridized carbons (Fsp3) is 0.500. The van der Waals surface area contributed by atoms with Crippen molar-refractivity contribution in [2.75, 3.05) is 13.6 Å². The highest BCUT2D eigenvalue weighted by Gasteiger charge is 2.29. The number of sulfonamides is 1. The van der Waals surface area contributed by atoms with Gasteiger partial charge in [-0.15, -0.1) is 0 Å². The van der Waals surface area contributed by atoms with Gasteiger partial charge in [0.15, 0.2) is 0 Å². The van der Waals surface area contributed by atoms with Crippen LogP contribution in [-0.4, -0.2) is 26.3 Å². The van der Waals surface area contributed by atoms with Crippen LogP contribution in [0.15, 0.2) is 27.6 Å². The van der Waals surface area contributed by atoms with Gasteiger partial charge in [0, 0.05) is 18.1 Å². The Hall–Kier alpha value is -0.390. The highest BCUT2D eigenvalue weighted by molar-refractivity contribution is 9.10. The minimum Gasteiger partial charge on any atom is -0.207 e. The number of rotatable bonds is 4. The van der Waals surface area contributed by atoms with Crippen LogP contribution in [0.25, 0.3) is 0 Å². The third-order valence-corrected chi connectivity index (χ3v) is 5.51. The highest BCUT2D eigenvalue weighted by atomic mass is 79.9. The van der Waals surface area contributed by atoms with E-state index in [1.54, 1.807) is 13.1 Å². The summed E-state index contributed by atoms with van der Waals surface area (Å²) in [5.74, 6) is 0.558. The van der Waals surface area contributed by atoms with Crippen LogP contribution >= 0.6 is 15.9 Å². The number of halogens is 1. The van der Waals surface area contributed by atoms with E-state index in [1.807, 2.05) is 19.1 Å². The summed E-state index contributed by atoms with van der Waals surface area (Å²) < 4.78 is 27.0. The number of hydrogen-bond donors (Lipinski definition) is 0. The molecule has 0 spiro atoms. The third-order valence-electron chi connectivity index (χ3n) is 3.05. The smallest absolute Gasteiger partial charge is 0.207 e. The molecule has 1 fully saturated rings. The molecular weight excluding hydrogens is 302 g/mol. The minimum absolute atomic E-state index is 0.398. The second-order valence-electron chi connectivity index (χ2n) is 4.64. The number of aryl methyl sites for hydroxylation is 1. The molecule has 0 aromatic heterocycles. The van der Waals surface area contributed by atoms with Gasteiger partial charge in [0.25, 0.3) is 0 Å². The molecule has 1 saturated carbocycles. The number of hydrogen-bond acceptors (Lipinski definition) is 2. The first-order valence-electron chi connectivity index (χ1n) is 5.64. The van der Waals surface area contributed by atoms with Gasteiger partial charge in [-0.1, -0.05) is 22.0 Å². The maximum atomic E-state index is 12.4. The largest absolute Gasteiger partial charge is 0.243 e. The highest BCUT2D eigenvalue weighted by Crippen LogP contribution is 2.31. The molecule has 0 bridgehead atoms. The molecule has 0 N–H and O–H groups in total. The summed E-state index contributed by atoms with van der Waals surface area (Å²) in [6, 6.07) is 5.35. The van der Waals surface area contributed by atoms with E-state index in [0.717, 1.165) is 22.9 Å². The third kappa shape index (κ3) is 2.89. The zero-order valence-corrected chi connectivity index (χ0v) is 12.4. The summed E-state index contributed by atoms with van der Waals surface area (Å²) in [5.41, 5.74) is 0.788. The lowest BCUT2D eigenvalue weighted by molar-refractivity contribution is 0.452. The molecule has 94 valence electrons. The van der Waals surface area contributed by atoms with Crippen molar-refractivity contribution in [3.8, 4) is 0 Å². The Bertz CT molecular complexity index is 523. The zero-order chi connectivity index (χ0) is 12.6. The molecule has 0 amide bonds. The average molecular weight is 318 g/mol. The lowest BCUT2D eigenvalue weighted by atomic mass is 10.2. The summed E-state index contributed by atoms with van der Waals surface area (Å²) in [4.78, 5) is 0.398. The summed E-state index contributed by atoms with van der Waals surface area (Å²) in [6.45, 7) is 2.46. The van der Waals surface area contributed by atoms with Crippen LogP contribution in [0.4, 0.5) is 0 Å². The van der Waals surface area contributed by atoms with Gasteiger partial charge in [-0.3, -0.25) is 0 Å². The molecule has 0 aliphatic heterocycles. The first kappa shape index (κ1) is 13.1. The van der Waals surface area contributed by atoms with E-state index < -0.39 is 10.0 Å². The first-order valence-corrected chi connectivity index (χ1v) is 7.87. The Morgan fingerprint density at radius 1 is 1.41 bits per heavy atom. The maximum absolute atomic E-state index is 12.4. The van der Waals surface area contributed by atoms with Crippen molar-refractivity contribution in [3.05, 3.63) is 28.2 Å². The molecule has 1 aromatic carbocycles.